The molecule has 3 aliphatic rings. The zero-order chi connectivity index (χ0) is 16.1. The van der Waals surface area contributed by atoms with Crippen LogP contribution in [-0.4, -0.2) is 46.7 Å². The van der Waals surface area contributed by atoms with E-state index in [9.17, 15) is 9.90 Å². The Morgan fingerprint density at radius 2 is 1.57 bits per heavy atom. The number of carbonyl (C=O) groups is 1. The van der Waals surface area contributed by atoms with Crippen LogP contribution in [0.4, 0.5) is 0 Å². The molecule has 23 heavy (non-hydrogen) atoms. The van der Waals surface area contributed by atoms with Crippen molar-refractivity contribution in [2.75, 3.05) is 13.1 Å². The molecular weight excluding hydrogens is 288 g/mol. The van der Waals surface area contributed by atoms with Gasteiger partial charge in [-0.15, -0.1) is 0 Å². The molecule has 1 heterocycles. The number of aliphatic hydroxyl groups is 1. The van der Waals surface area contributed by atoms with Gasteiger partial charge in [0, 0.05) is 25.2 Å². The fourth-order valence-corrected chi connectivity index (χ4v) is 4.82. The molecule has 0 aromatic carbocycles. The lowest BCUT2D eigenvalue weighted by Crippen LogP contribution is -2.49. The average molecular weight is 322 g/mol. The van der Waals surface area contributed by atoms with E-state index in [2.05, 4.69) is 10.2 Å². The second-order valence-electron chi connectivity index (χ2n) is 8.13. The van der Waals surface area contributed by atoms with Crippen LogP contribution in [0.2, 0.25) is 0 Å². The average Bonchev–Trinajstić information content (AvgIpc) is 2.56. The first-order valence-corrected chi connectivity index (χ1v) is 9.90. The molecule has 0 bridgehead atoms. The van der Waals surface area contributed by atoms with Gasteiger partial charge in [-0.25, -0.2) is 0 Å². The van der Waals surface area contributed by atoms with E-state index >= 15 is 0 Å². The molecule has 0 aromatic rings. The number of hydrogen-bond donors (Lipinski definition) is 2. The molecule has 0 spiro atoms. The molecule has 2 aliphatic carbocycles. The zero-order valence-electron chi connectivity index (χ0n) is 14.6. The van der Waals surface area contributed by atoms with Crippen LogP contribution >= 0.6 is 0 Å². The minimum atomic E-state index is -0.731. The van der Waals surface area contributed by atoms with Crippen molar-refractivity contribution >= 4 is 5.91 Å². The highest BCUT2D eigenvalue weighted by molar-refractivity contribution is 5.77. The van der Waals surface area contributed by atoms with Gasteiger partial charge in [-0.05, 0) is 38.5 Å². The van der Waals surface area contributed by atoms with Crippen LogP contribution in [0.15, 0.2) is 0 Å². The SMILES string of the molecule is O=C(CC1(O)CCCCC1)NC1CCN(C2CCCCC2)CC1. The van der Waals surface area contributed by atoms with Gasteiger partial charge in [0.1, 0.15) is 0 Å². The molecule has 4 nitrogen and oxygen atoms in total. The summed E-state index contributed by atoms with van der Waals surface area (Å²) in [6, 6.07) is 1.11. The third kappa shape index (κ3) is 4.93. The summed E-state index contributed by atoms with van der Waals surface area (Å²) in [6.45, 7) is 2.25. The Hall–Kier alpha value is -0.610. The van der Waals surface area contributed by atoms with E-state index in [0.717, 1.165) is 57.7 Å². The smallest absolute Gasteiger partial charge is 0.223 e. The van der Waals surface area contributed by atoms with Gasteiger partial charge < -0.3 is 15.3 Å². The minimum absolute atomic E-state index is 0.0607. The van der Waals surface area contributed by atoms with Gasteiger partial charge in [0.05, 0.1) is 12.0 Å². The molecule has 0 unspecified atom stereocenters. The van der Waals surface area contributed by atoms with E-state index in [-0.39, 0.29) is 5.91 Å². The molecule has 2 saturated carbocycles. The number of piperidine rings is 1. The van der Waals surface area contributed by atoms with Crippen molar-refractivity contribution in [1.29, 1.82) is 0 Å². The molecule has 3 rings (SSSR count). The van der Waals surface area contributed by atoms with Crippen LogP contribution in [0.5, 0.6) is 0 Å². The van der Waals surface area contributed by atoms with Crippen LogP contribution in [-0.2, 0) is 4.79 Å². The zero-order valence-corrected chi connectivity index (χ0v) is 14.6. The first-order valence-electron chi connectivity index (χ1n) is 9.90. The van der Waals surface area contributed by atoms with Gasteiger partial charge >= 0.3 is 0 Å². The Morgan fingerprint density at radius 3 is 2.22 bits per heavy atom. The summed E-state index contributed by atoms with van der Waals surface area (Å²) in [6.07, 6.45) is 14.3. The summed E-state index contributed by atoms with van der Waals surface area (Å²) in [4.78, 5) is 14.9. The number of carbonyl (C=O) groups excluding carboxylic acids is 1. The third-order valence-electron chi connectivity index (χ3n) is 6.26. The molecule has 1 aliphatic heterocycles. The lowest BCUT2D eigenvalue weighted by molar-refractivity contribution is -0.128. The van der Waals surface area contributed by atoms with E-state index in [1.165, 1.54) is 38.5 Å². The lowest BCUT2D eigenvalue weighted by Gasteiger charge is -2.39. The van der Waals surface area contributed by atoms with Gasteiger partial charge in [0.2, 0.25) is 5.91 Å². The maximum absolute atomic E-state index is 12.3. The summed E-state index contributed by atoms with van der Waals surface area (Å²) in [5.74, 6) is 0.0607. The van der Waals surface area contributed by atoms with Crippen LogP contribution in [0.1, 0.15) is 83.5 Å². The van der Waals surface area contributed by atoms with Crippen LogP contribution in [0.25, 0.3) is 0 Å². The largest absolute Gasteiger partial charge is 0.389 e. The summed E-state index contributed by atoms with van der Waals surface area (Å²) in [5.41, 5.74) is -0.731. The van der Waals surface area contributed by atoms with Crippen molar-refractivity contribution in [3.8, 4) is 0 Å². The van der Waals surface area contributed by atoms with E-state index in [1.54, 1.807) is 0 Å². The highest BCUT2D eigenvalue weighted by Gasteiger charge is 2.33. The molecule has 132 valence electrons. The number of likely N-dealkylation sites (tertiary alicyclic amines) is 1. The fraction of sp³-hybridized carbons (Fsp3) is 0.947. The highest BCUT2D eigenvalue weighted by Crippen LogP contribution is 2.31. The molecule has 1 amide bonds. The molecule has 0 radical (unpaired) electrons. The summed E-state index contributed by atoms with van der Waals surface area (Å²) < 4.78 is 0. The topological polar surface area (TPSA) is 52.6 Å². The lowest BCUT2D eigenvalue weighted by atomic mass is 9.82. The summed E-state index contributed by atoms with van der Waals surface area (Å²) in [5, 5.41) is 13.7. The van der Waals surface area contributed by atoms with Gasteiger partial charge in [0.15, 0.2) is 0 Å². The number of amides is 1. The van der Waals surface area contributed by atoms with Gasteiger partial charge in [-0.2, -0.15) is 0 Å². The Kier molecular flexibility index (Phi) is 5.97. The van der Waals surface area contributed by atoms with E-state index < -0.39 is 5.60 Å². The Labute approximate surface area is 141 Å². The highest BCUT2D eigenvalue weighted by atomic mass is 16.3. The standard InChI is InChI=1S/C19H34N2O2/c22-18(15-19(23)11-5-2-6-12-19)20-16-9-13-21(14-10-16)17-7-3-1-4-8-17/h16-17,23H,1-15H2,(H,20,22). The monoisotopic (exact) mass is 322 g/mol. The third-order valence-corrected chi connectivity index (χ3v) is 6.26. The molecule has 0 aromatic heterocycles. The summed E-state index contributed by atoms with van der Waals surface area (Å²) in [7, 11) is 0. The predicted octanol–water partition coefficient (Wildman–Crippen LogP) is 2.99. The second kappa shape index (κ2) is 7.98. The molecule has 3 fully saturated rings. The number of nitrogens with zero attached hydrogens (tertiary/aromatic N) is 1. The minimum Gasteiger partial charge on any atom is -0.389 e. The molecule has 0 atom stereocenters. The maximum Gasteiger partial charge on any atom is 0.223 e. The van der Waals surface area contributed by atoms with Gasteiger partial charge in [-0.3, -0.25) is 4.79 Å². The van der Waals surface area contributed by atoms with Crippen LogP contribution in [0.3, 0.4) is 0 Å². The molecular formula is C19H34N2O2. The van der Waals surface area contributed by atoms with Crippen molar-refractivity contribution in [3.05, 3.63) is 0 Å². The van der Waals surface area contributed by atoms with Gasteiger partial charge in [0.25, 0.3) is 0 Å². The number of rotatable bonds is 4. The van der Waals surface area contributed by atoms with Crippen molar-refractivity contribution in [3.63, 3.8) is 0 Å². The second-order valence-corrected chi connectivity index (χ2v) is 8.13. The Balaban J connectivity index is 1.38. The van der Waals surface area contributed by atoms with Crippen molar-refractivity contribution in [2.45, 2.75) is 101 Å². The Morgan fingerprint density at radius 1 is 0.957 bits per heavy atom. The molecule has 1 saturated heterocycles. The van der Waals surface area contributed by atoms with E-state index in [0.29, 0.717) is 12.5 Å². The quantitative estimate of drug-likeness (QED) is 0.836. The van der Waals surface area contributed by atoms with Gasteiger partial charge in [-0.1, -0.05) is 38.5 Å². The first-order chi connectivity index (χ1) is 11.1. The van der Waals surface area contributed by atoms with Crippen molar-refractivity contribution in [2.24, 2.45) is 0 Å². The normalized spacial score (nSPS) is 27.7. The summed E-state index contributed by atoms with van der Waals surface area (Å²) >= 11 is 0. The van der Waals surface area contributed by atoms with Crippen molar-refractivity contribution < 1.29 is 9.90 Å². The van der Waals surface area contributed by atoms with E-state index in [1.807, 2.05) is 0 Å². The number of hydrogen-bond acceptors (Lipinski definition) is 3. The predicted molar refractivity (Wildman–Crippen MR) is 92.3 cm³/mol. The van der Waals surface area contributed by atoms with Crippen LogP contribution < -0.4 is 5.32 Å². The first kappa shape index (κ1) is 17.2. The van der Waals surface area contributed by atoms with E-state index in [4.69, 9.17) is 0 Å². The molecule has 4 heteroatoms. The van der Waals surface area contributed by atoms with Crippen LogP contribution in [0, 0.1) is 0 Å². The number of nitrogens with one attached hydrogen (secondary N) is 1. The fourth-order valence-electron chi connectivity index (χ4n) is 4.82. The van der Waals surface area contributed by atoms with Crippen molar-refractivity contribution in [1.82, 2.24) is 10.2 Å². The Bertz CT molecular complexity index is 379. The maximum atomic E-state index is 12.3. The molecule has 2 N–H and O–H groups in total.